The molecule has 0 N–H and O–H groups in total. The predicted molar refractivity (Wildman–Crippen MR) is 223 cm³/mol. The van der Waals surface area contributed by atoms with Gasteiger partial charge < -0.3 is 9.80 Å². The fraction of sp³-hybridized carbons (Fsp3) is 0.128. The molecule has 0 amide bonds. The molecule has 0 fully saturated rings. The molecule has 0 unspecified atom stereocenters. The lowest BCUT2D eigenvalue weighted by Gasteiger charge is -2.36. The molecule has 0 spiro atoms. The first-order chi connectivity index (χ1) is 26.5. The van der Waals surface area contributed by atoms with Gasteiger partial charge in [-0.25, -0.2) is 4.98 Å². The van der Waals surface area contributed by atoms with Crippen LogP contribution in [0.2, 0.25) is 0 Å². The molecule has 0 bridgehead atoms. The highest BCUT2D eigenvalue weighted by Crippen LogP contribution is 2.43. The van der Waals surface area contributed by atoms with E-state index in [0.29, 0.717) is 5.82 Å². The maximum atomic E-state index is 8.18. The first-order valence-electron chi connectivity index (χ1n) is 19.4. The number of rotatable bonds is 6. The van der Waals surface area contributed by atoms with Crippen molar-refractivity contribution in [3.63, 3.8) is 0 Å². The zero-order valence-corrected chi connectivity index (χ0v) is 30.7. The van der Waals surface area contributed by atoms with Crippen LogP contribution in [0.3, 0.4) is 0 Å². The maximum Gasteiger partial charge on any atom is 0.179 e. The van der Waals surface area contributed by atoms with E-state index in [2.05, 4.69) is 181 Å². The summed E-state index contributed by atoms with van der Waals surface area (Å²) in [4.78, 5) is 9.70. The van der Waals surface area contributed by atoms with E-state index in [1.54, 1.807) is 18.3 Å². The Balaban J connectivity index is 1.33. The quantitative estimate of drug-likeness (QED) is 0.129. The SMILES string of the molecule is [2H]C([2H])([2H])c1ccnc(-n2c3ccccc3c3ccc([Si](c4ccccc4)(c4ccccc4)c4cccc(N5CN(C(C)(C)C)c6ccccc65)c4)cc32)c1. The molecule has 4 nitrogen and oxygen atoms in total. The number of para-hydroxylation sites is 3. The van der Waals surface area contributed by atoms with Gasteiger partial charge in [-0.3, -0.25) is 4.57 Å². The number of aromatic nitrogens is 2. The first-order valence-corrected chi connectivity index (χ1v) is 19.9. The molecule has 6 aromatic carbocycles. The van der Waals surface area contributed by atoms with Gasteiger partial charge >= 0.3 is 0 Å². The van der Waals surface area contributed by atoms with Crippen LogP contribution < -0.4 is 30.5 Å². The number of fused-ring (bicyclic) bond motifs is 4. The van der Waals surface area contributed by atoms with Crippen LogP contribution in [-0.2, 0) is 0 Å². The highest BCUT2D eigenvalue weighted by Gasteiger charge is 2.42. The van der Waals surface area contributed by atoms with Crippen LogP contribution in [0.4, 0.5) is 17.1 Å². The summed E-state index contributed by atoms with van der Waals surface area (Å²) in [5, 5.41) is 7.24. The maximum absolute atomic E-state index is 8.18. The van der Waals surface area contributed by atoms with Crippen LogP contribution in [-0.4, -0.2) is 29.8 Å². The van der Waals surface area contributed by atoms with Gasteiger partial charge in [0, 0.05) is 32.3 Å². The third-order valence-corrected chi connectivity index (χ3v) is 15.4. The van der Waals surface area contributed by atoms with E-state index in [4.69, 9.17) is 9.10 Å². The largest absolute Gasteiger partial charge is 0.347 e. The second kappa shape index (κ2) is 12.4. The summed E-state index contributed by atoms with van der Waals surface area (Å²) in [7, 11) is -3.02. The molecule has 0 atom stereocenters. The lowest BCUT2D eigenvalue weighted by atomic mass is 10.1. The number of anilines is 3. The molecule has 3 heterocycles. The molecular weight excluding hydrogens is 649 g/mol. The van der Waals surface area contributed by atoms with Gasteiger partial charge in [-0.1, -0.05) is 115 Å². The van der Waals surface area contributed by atoms with Crippen LogP contribution >= 0.6 is 0 Å². The van der Waals surface area contributed by atoms with Gasteiger partial charge in [0.25, 0.3) is 0 Å². The second-order valence-corrected chi connectivity index (χ2v) is 18.5. The molecule has 1 aliphatic heterocycles. The molecule has 1 aliphatic rings. The number of pyridine rings is 1. The van der Waals surface area contributed by atoms with Crippen LogP contribution in [0, 0.1) is 6.85 Å². The van der Waals surface area contributed by atoms with E-state index in [-0.39, 0.29) is 11.1 Å². The van der Waals surface area contributed by atoms with Crippen LogP contribution in [0.15, 0.2) is 170 Å². The van der Waals surface area contributed by atoms with E-state index in [1.165, 1.54) is 32.1 Å². The van der Waals surface area contributed by atoms with Crippen molar-refractivity contribution in [3.8, 4) is 5.82 Å². The average Bonchev–Trinajstić information content (AvgIpc) is 3.76. The Morgan fingerprint density at radius 3 is 1.94 bits per heavy atom. The number of hydrogen-bond donors (Lipinski definition) is 0. The zero-order valence-electron chi connectivity index (χ0n) is 32.7. The normalized spacial score (nSPS) is 14.3. The van der Waals surface area contributed by atoms with Crippen molar-refractivity contribution < 1.29 is 4.11 Å². The van der Waals surface area contributed by atoms with Crippen molar-refractivity contribution in [3.05, 3.63) is 176 Å². The van der Waals surface area contributed by atoms with Crippen molar-refractivity contribution >= 4 is 67.7 Å². The summed E-state index contributed by atoms with van der Waals surface area (Å²) in [5.41, 5.74) is 5.78. The second-order valence-electron chi connectivity index (χ2n) is 14.7. The van der Waals surface area contributed by atoms with E-state index >= 15 is 0 Å². The number of aryl methyl sites for hydroxylation is 1. The first kappa shape index (κ1) is 28.7. The molecule has 254 valence electrons. The highest BCUT2D eigenvalue weighted by atomic mass is 28.3. The molecule has 0 aliphatic carbocycles. The molecule has 52 heavy (non-hydrogen) atoms. The van der Waals surface area contributed by atoms with Crippen LogP contribution in [0.1, 0.15) is 30.4 Å². The molecule has 0 radical (unpaired) electrons. The topological polar surface area (TPSA) is 24.3 Å². The van der Waals surface area contributed by atoms with Gasteiger partial charge in [0.2, 0.25) is 0 Å². The molecule has 5 heteroatoms. The van der Waals surface area contributed by atoms with Crippen molar-refractivity contribution in [1.82, 2.24) is 9.55 Å². The third-order valence-electron chi connectivity index (χ3n) is 10.6. The van der Waals surface area contributed by atoms with Crippen LogP contribution in [0.25, 0.3) is 27.6 Å². The zero-order chi connectivity index (χ0) is 38.0. The lowest BCUT2D eigenvalue weighted by Crippen LogP contribution is -2.74. The minimum atomic E-state index is -3.02. The molecule has 2 aromatic heterocycles. The number of nitrogens with zero attached hydrogens (tertiary/aromatic N) is 4. The summed E-state index contributed by atoms with van der Waals surface area (Å²) in [5.74, 6) is 0.585. The summed E-state index contributed by atoms with van der Waals surface area (Å²) < 4.78 is 26.7. The summed E-state index contributed by atoms with van der Waals surface area (Å²) >= 11 is 0. The standard InChI is InChI=1S/C47H42N4Si/c1-34-28-29-48-46(30-34)51-42-23-12-11-22-40(42)41-27-26-39(32-45(41)51)52(36-17-7-5-8-18-36,37-19-9-6-10-20-37)38-21-15-16-35(31-38)49-33-50(47(2,3)4)44-25-14-13-24-43(44)49/h5-32H,33H2,1-4H3/i1D3. The van der Waals surface area contributed by atoms with Gasteiger partial charge in [-0.15, -0.1) is 0 Å². The Kier molecular flexibility index (Phi) is 6.85. The van der Waals surface area contributed by atoms with Gasteiger partial charge in [0.05, 0.1) is 29.1 Å². The van der Waals surface area contributed by atoms with E-state index in [1.807, 2.05) is 6.07 Å². The van der Waals surface area contributed by atoms with E-state index in [9.17, 15) is 0 Å². The lowest BCUT2D eigenvalue weighted by molar-refractivity contribution is 0.518. The monoisotopic (exact) mass is 693 g/mol. The van der Waals surface area contributed by atoms with E-state index < -0.39 is 14.9 Å². The Bertz CT molecular complexity index is 2640. The minimum Gasteiger partial charge on any atom is -0.347 e. The Morgan fingerprint density at radius 2 is 1.21 bits per heavy atom. The summed E-state index contributed by atoms with van der Waals surface area (Å²) in [6.07, 6.45) is 1.61. The van der Waals surface area contributed by atoms with Crippen molar-refractivity contribution in [2.45, 2.75) is 33.2 Å². The minimum absolute atomic E-state index is 0.0548. The number of hydrogen-bond acceptors (Lipinski definition) is 3. The molecule has 0 saturated heterocycles. The third kappa shape index (κ3) is 5.07. The predicted octanol–water partition coefficient (Wildman–Crippen LogP) is 8.58. The summed E-state index contributed by atoms with van der Waals surface area (Å²) in [6.45, 7) is 5.32. The highest BCUT2D eigenvalue weighted by molar-refractivity contribution is 7.20. The Hall–Kier alpha value is -5.91. The van der Waals surface area contributed by atoms with Crippen molar-refractivity contribution in [1.29, 1.82) is 0 Å². The molecule has 9 rings (SSSR count). The summed E-state index contributed by atoms with van der Waals surface area (Å²) in [6, 6.07) is 58.5. The fourth-order valence-corrected chi connectivity index (χ4v) is 13.1. The van der Waals surface area contributed by atoms with Gasteiger partial charge in [-0.05, 0) is 102 Å². The fourth-order valence-electron chi connectivity index (χ4n) is 8.28. The molecule has 0 saturated carbocycles. The van der Waals surface area contributed by atoms with Crippen molar-refractivity contribution in [2.24, 2.45) is 0 Å². The van der Waals surface area contributed by atoms with Crippen LogP contribution in [0.5, 0.6) is 0 Å². The average molecular weight is 694 g/mol. The van der Waals surface area contributed by atoms with Gasteiger partial charge in [-0.2, -0.15) is 0 Å². The molecular formula is C47H42N4Si. The smallest absolute Gasteiger partial charge is 0.179 e. The van der Waals surface area contributed by atoms with Gasteiger partial charge in [0.1, 0.15) is 5.82 Å². The Morgan fingerprint density at radius 1 is 0.577 bits per heavy atom. The van der Waals surface area contributed by atoms with Crippen molar-refractivity contribution in [2.75, 3.05) is 16.5 Å². The van der Waals surface area contributed by atoms with E-state index in [0.717, 1.165) is 34.2 Å². The Labute approximate surface area is 311 Å². The molecule has 8 aromatic rings. The van der Waals surface area contributed by atoms with Gasteiger partial charge in [0.15, 0.2) is 8.07 Å². The number of benzene rings is 6.